The Labute approximate surface area is 213 Å². The average molecular weight is 500 g/mol. The number of rotatable bonds is 5. The van der Waals surface area contributed by atoms with Crippen LogP contribution in [0.15, 0.2) is 71.9 Å². The maximum absolute atomic E-state index is 13.9. The number of imidazole rings is 1. The minimum atomic E-state index is -0.491. The molecule has 0 fully saturated rings. The van der Waals surface area contributed by atoms with Gasteiger partial charge in [-0.05, 0) is 54.3 Å². The summed E-state index contributed by atoms with van der Waals surface area (Å²) in [5, 5.41) is 3.46. The molecule has 2 heterocycles. The smallest absolute Gasteiger partial charge is 0.209 e. The lowest BCUT2D eigenvalue weighted by molar-refractivity contribution is -0.116. The van der Waals surface area contributed by atoms with Crippen LogP contribution in [0.5, 0.6) is 17.2 Å². The van der Waals surface area contributed by atoms with E-state index in [1.807, 2.05) is 41.0 Å². The number of allylic oxidation sites excluding steroid dienone is 2. The molecule has 0 radical (unpaired) electrons. The topological polar surface area (TPSA) is 74.6 Å². The largest absolute Gasteiger partial charge is 0.493 e. The van der Waals surface area contributed by atoms with Gasteiger partial charge in [0, 0.05) is 23.3 Å². The zero-order valence-electron chi connectivity index (χ0n) is 20.7. The first-order valence-corrected chi connectivity index (χ1v) is 12.1. The van der Waals surface area contributed by atoms with Crippen molar-refractivity contribution in [3.8, 4) is 17.2 Å². The van der Waals surface area contributed by atoms with Crippen molar-refractivity contribution in [2.24, 2.45) is 0 Å². The van der Waals surface area contributed by atoms with E-state index in [1.165, 1.54) is 12.1 Å². The number of fused-ring (bicyclic) bond motifs is 3. The van der Waals surface area contributed by atoms with E-state index in [1.54, 1.807) is 33.5 Å². The lowest BCUT2D eigenvalue weighted by atomic mass is 9.77. The first-order chi connectivity index (χ1) is 18.0. The fourth-order valence-electron chi connectivity index (χ4n) is 5.63. The molecule has 188 valence electrons. The average Bonchev–Trinajstić information content (AvgIpc) is 3.29. The van der Waals surface area contributed by atoms with Gasteiger partial charge in [-0.1, -0.05) is 24.3 Å². The van der Waals surface area contributed by atoms with Gasteiger partial charge in [0.2, 0.25) is 11.7 Å². The molecule has 2 aliphatic rings. The number of para-hydroxylation sites is 2. The summed E-state index contributed by atoms with van der Waals surface area (Å²) in [7, 11) is 4.72. The molecule has 7 nitrogen and oxygen atoms in total. The maximum Gasteiger partial charge on any atom is 0.209 e. The van der Waals surface area contributed by atoms with Crippen LogP contribution in [0, 0.1) is 5.82 Å². The summed E-state index contributed by atoms with van der Waals surface area (Å²) in [6.45, 7) is 0. The van der Waals surface area contributed by atoms with Crippen LogP contribution in [-0.4, -0.2) is 36.7 Å². The first-order valence-electron chi connectivity index (χ1n) is 12.1. The van der Waals surface area contributed by atoms with E-state index in [9.17, 15) is 9.18 Å². The van der Waals surface area contributed by atoms with Crippen molar-refractivity contribution >= 4 is 22.8 Å². The molecule has 8 heteroatoms. The summed E-state index contributed by atoms with van der Waals surface area (Å²) in [4.78, 5) is 18.8. The monoisotopic (exact) mass is 499 g/mol. The Morgan fingerprint density at radius 2 is 1.68 bits per heavy atom. The highest BCUT2D eigenvalue weighted by atomic mass is 19.1. The summed E-state index contributed by atoms with van der Waals surface area (Å²) < 4.78 is 32.6. The second-order valence-corrected chi connectivity index (χ2v) is 9.22. The summed E-state index contributed by atoms with van der Waals surface area (Å²) in [6, 6.07) is 17.5. The predicted molar refractivity (Wildman–Crippen MR) is 138 cm³/mol. The zero-order valence-corrected chi connectivity index (χ0v) is 20.7. The van der Waals surface area contributed by atoms with Crippen molar-refractivity contribution < 1.29 is 23.4 Å². The molecule has 1 aliphatic heterocycles. The van der Waals surface area contributed by atoms with Crippen molar-refractivity contribution in [2.75, 3.05) is 26.6 Å². The molecule has 37 heavy (non-hydrogen) atoms. The number of carbonyl (C=O) groups is 1. The van der Waals surface area contributed by atoms with E-state index in [2.05, 4.69) is 5.32 Å². The highest BCUT2D eigenvalue weighted by Crippen LogP contribution is 2.51. The molecular formula is C29H26FN3O4. The van der Waals surface area contributed by atoms with Crippen molar-refractivity contribution in [2.45, 2.75) is 24.8 Å². The first kappa shape index (κ1) is 23.1. The number of halogens is 1. The molecule has 4 aromatic rings. The molecular weight excluding hydrogens is 473 g/mol. The number of nitrogens with one attached hydrogen (secondary N) is 1. The highest BCUT2D eigenvalue weighted by Gasteiger charge is 2.41. The summed E-state index contributed by atoms with van der Waals surface area (Å²) in [5.41, 5.74) is 4.90. The number of ketones is 1. The predicted octanol–water partition coefficient (Wildman–Crippen LogP) is 5.62. The van der Waals surface area contributed by atoms with Crippen LogP contribution < -0.4 is 19.5 Å². The summed E-state index contributed by atoms with van der Waals surface area (Å²) >= 11 is 0. The molecule has 0 spiro atoms. The lowest BCUT2D eigenvalue weighted by Gasteiger charge is -2.37. The Morgan fingerprint density at radius 1 is 0.919 bits per heavy atom. The van der Waals surface area contributed by atoms with Gasteiger partial charge in [0.1, 0.15) is 5.82 Å². The Morgan fingerprint density at radius 3 is 2.41 bits per heavy atom. The van der Waals surface area contributed by atoms with Crippen molar-refractivity contribution in [3.05, 3.63) is 88.9 Å². The molecule has 2 unspecified atom stereocenters. The van der Waals surface area contributed by atoms with E-state index in [0.29, 0.717) is 41.6 Å². The zero-order chi connectivity index (χ0) is 25.7. The van der Waals surface area contributed by atoms with Gasteiger partial charge in [-0.15, -0.1) is 0 Å². The van der Waals surface area contributed by atoms with E-state index in [0.717, 1.165) is 27.9 Å². The van der Waals surface area contributed by atoms with Gasteiger partial charge in [0.15, 0.2) is 17.3 Å². The summed E-state index contributed by atoms with van der Waals surface area (Å²) in [6.07, 6.45) is 0.919. The van der Waals surface area contributed by atoms with Crippen molar-refractivity contribution in [3.63, 3.8) is 0 Å². The van der Waals surface area contributed by atoms with Crippen LogP contribution in [0.2, 0.25) is 0 Å². The molecule has 2 atom stereocenters. The Balaban J connectivity index is 1.57. The third kappa shape index (κ3) is 3.63. The van der Waals surface area contributed by atoms with Gasteiger partial charge in [0.25, 0.3) is 0 Å². The number of nitrogens with zero attached hydrogens (tertiary/aromatic N) is 2. The second-order valence-electron chi connectivity index (χ2n) is 9.22. The normalized spacial score (nSPS) is 18.8. The van der Waals surface area contributed by atoms with E-state index < -0.39 is 6.04 Å². The molecule has 1 aliphatic carbocycles. The SMILES string of the molecule is COc1ccc(C2C3=C(CC(c4ccc(F)cc4)CC3=O)Nc3nc4ccccc4n32)c(OC)c1OC. The highest BCUT2D eigenvalue weighted by molar-refractivity contribution is 6.01. The van der Waals surface area contributed by atoms with Crippen LogP contribution >= 0.6 is 0 Å². The van der Waals surface area contributed by atoms with Crippen LogP contribution in [0.1, 0.15) is 35.9 Å². The van der Waals surface area contributed by atoms with Crippen molar-refractivity contribution in [1.29, 1.82) is 0 Å². The van der Waals surface area contributed by atoms with Crippen molar-refractivity contribution in [1.82, 2.24) is 9.55 Å². The van der Waals surface area contributed by atoms with Crippen LogP contribution in [0.3, 0.4) is 0 Å². The van der Waals surface area contributed by atoms with Crippen LogP contribution in [0.25, 0.3) is 11.0 Å². The molecule has 0 bridgehead atoms. The number of hydrogen-bond donors (Lipinski definition) is 1. The number of Topliss-reactive ketones (excluding diaryl/α,β-unsaturated/α-hetero) is 1. The summed E-state index contributed by atoms with van der Waals surface area (Å²) in [5.74, 6) is 1.80. The number of methoxy groups -OCH3 is 3. The van der Waals surface area contributed by atoms with Gasteiger partial charge in [-0.3, -0.25) is 9.36 Å². The standard InChI is InChI=1S/C29H26FN3O4/c1-35-24-13-12-19(27(36-2)28(24)37-3)26-25-21(32-29-31-20-6-4-5-7-22(20)33(26)29)14-17(15-23(25)34)16-8-10-18(30)11-9-16/h4-13,17,26H,14-15H2,1-3H3,(H,31,32). The quantitative estimate of drug-likeness (QED) is 0.384. The van der Waals surface area contributed by atoms with E-state index >= 15 is 0 Å². The maximum atomic E-state index is 13.9. The Bertz CT molecular complexity index is 1560. The Hall–Kier alpha value is -4.33. The van der Waals surface area contributed by atoms with Gasteiger partial charge >= 0.3 is 0 Å². The lowest BCUT2D eigenvalue weighted by Crippen LogP contribution is -2.33. The van der Waals surface area contributed by atoms with Gasteiger partial charge < -0.3 is 19.5 Å². The number of hydrogen-bond acceptors (Lipinski definition) is 6. The van der Waals surface area contributed by atoms with Gasteiger partial charge in [0.05, 0.1) is 38.4 Å². The molecule has 0 saturated heterocycles. The molecule has 0 saturated carbocycles. The number of anilines is 1. The minimum Gasteiger partial charge on any atom is -0.493 e. The van der Waals surface area contributed by atoms with E-state index in [-0.39, 0.29) is 17.5 Å². The van der Waals surface area contributed by atoms with Gasteiger partial charge in [-0.25, -0.2) is 9.37 Å². The number of carbonyl (C=O) groups excluding carboxylic acids is 1. The molecule has 0 amide bonds. The third-order valence-electron chi connectivity index (χ3n) is 7.27. The van der Waals surface area contributed by atoms with Gasteiger partial charge in [-0.2, -0.15) is 0 Å². The third-order valence-corrected chi connectivity index (χ3v) is 7.27. The second kappa shape index (κ2) is 8.96. The molecule has 1 aromatic heterocycles. The molecule has 6 rings (SSSR count). The molecule has 3 aromatic carbocycles. The molecule has 1 N–H and O–H groups in total. The Kier molecular flexibility index (Phi) is 5.59. The minimum absolute atomic E-state index is 0.0216. The number of aromatic nitrogens is 2. The van der Waals surface area contributed by atoms with Crippen LogP contribution in [-0.2, 0) is 4.79 Å². The fourth-order valence-corrected chi connectivity index (χ4v) is 5.63. The van der Waals surface area contributed by atoms with E-state index in [4.69, 9.17) is 19.2 Å². The number of benzene rings is 3. The number of ether oxygens (including phenoxy) is 3. The van der Waals surface area contributed by atoms with Crippen LogP contribution in [0.4, 0.5) is 10.3 Å². The fraction of sp³-hybridized carbons (Fsp3) is 0.241.